The molecule has 0 unspecified atom stereocenters. The van der Waals surface area contributed by atoms with E-state index in [4.69, 9.17) is 5.26 Å². The van der Waals surface area contributed by atoms with E-state index in [9.17, 15) is 23.9 Å². The highest BCUT2D eigenvalue weighted by Gasteiger charge is 2.26. The topological polar surface area (TPSA) is 119 Å². The molecule has 8 heteroatoms. The Morgan fingerprint density at radius 3 is 2.48 bits per heavy atom. The van der Waals surface area contributed by atoms with E-state index in [2.05, 4.69) is 10.6 Å². The van der Waals surface area contributed by atoms with Crippen LogP contribution in [0.15, 0.2) is 24.3 Å². The molecule has 25 heavy (non-hydrogen) atoms. The molecule has 1 rings (SSSR count). The first-order chi connectivity index (χ1) is 11.8. The van der Waals surface area contributed by atoms with Crippen LogP contribution in [0.4, 0.5) is 4.39 Å². The summed E-state index contributed by atoms with van der Waals surface area (Å²) >= 11 is 0. The second kappa shape index (κ2) is 10.0. The molecule has 0 fully saturated rings. The fourth-order valence-electron chi connectivity index (χ4n) is 2.25. The number of benzene rings is 1. The summed E-state index contributed by atoms with van der Waals surface area (Å²) in [5, 5.41) is 22.4. The largest absolute Gasteiger partial charge is 0.480 e. The molecule has 0 bridgehead atoms. The molecule has 0 heterocycles. The van der Waals surface area contributed by atoms with Crippen molar-refractivity contribution in [2.45, 2.75) is 44.7 Å². The minimum Gasteiger partial charge on any atom is -0.480 e. The van der Waals surface area contributed by atoms with Gasteiger partial charge in [-0.2, -0.15) is 5.26 Å². The van der Waals surface area contributed by atoms with Crippen LogP contribution in [0.3, 0.4) is 0 Å². The third kappa shape index (κ3) is 6.99. The SMILES string of the molecule is CC(=O)N[C@@H](Cc1ccccc1F)C(=O)N[C@@H](CCCC#N)C(=O)O. The summed E-state index contributed by atoms with van der Waals surface area (Å²) in [4.78, 5) is 34.9. The highest BCUT2D eigenvalue weighted by atomic mass is 19.1. The van der Waals surface area contributed by atoms with Gasteiger partial charge < -0.3 is 15.7 Å². The van der Waals surface area contributed by atoms with Crippen molar-refractivity contribution in [3.63, 3.8) is 0 Å². The number of rotatable bonds is 9. The maximum Gasteiger partial charge on any atom is 0.326 e. The number of amides is 2. The van der Waals surface area contributed by atoms with E-state index in [1.165, 1.54) is 25.1 Å². The van der Waals surface area contributed by atoms with E-state index in [-0.39, 0.29) is 24.8 Å². The minimum absolute atomic E-state index is 0.0844. The molecular weight excluding hydrogens is 329 g/mol. The average molecular weight is 349 g/mol. The van der Waals surface area contributed by atoms with Crippen LogP contribution in [0.1, 0.15) is 31.7 Å². The second-order valence-electron chi connectivity index (χ2n) is 5.50. The van der Waals surface area contributed by atoms with Crippen molar-refractivity contribution in [2.24, 2.45) is 0 Å². The maximum absolute atomic E-state index is 13.8. The third-order valence-corrected chi connectivity index (χ3v) is 3.47. The number of halogens is 1. The minimum atomic E-state index is -1.24. The number of nitrogens with one attached hydrogen (secondary N) is 2. The van der Waals surface area contributed by atoms with Gasteiger partial charge in [-0.15, -0.1) is 0 Å². The first kappa shape index (κ1) is 20.1. The standard InChI is InChI=1S/C17H20FN3O4/c1-11(22)20-15(10-12-6-2-3-7-13(12)18)16(23)21-14(17(24)25)8-4-5-9-19/h2-3,6-7,14-15H,4-5,8,10H2,1H3,(H,20,22)(H,21,23)(H,24,25)/t14-,15-/m0/s1. The molecule has 0 aliphatic rings. The van der Waals surface area contributed by atoms with Gasteiger partial charge in [0.2, 0.25) is 11.8 Å². The predicted molar refractivity (Wildman–Crippen MR) is 86.7 cm³/mol. The van der Waals surface area contributed by atoms with Crippen molar-refractivity contribution in [3.05, 3.63) is 35.6 Å². The number of aliphatic carboxylic acids is 1. The number of hydrogen-bond donors (Lipinski definition) is 3. The number of nitriles is 1. The van der Waals surface area contributed by atoms with Crippen LogP contribution in [0, 0.1) is 17.1 Å². The van der Waals surface area contributed by atoms with E-state index in [1.54, 1.807) is 6.07 Å². The molecule has 1 aromatic rings. The Labute approximate surface area is 144 Å². The second-order valence-corrected chi connectivity index (χ2v) is 5.50. The summed E-state index contributed by atoms with van der Waals surface area (Å²) in [7, 11) is 0. The molecule has 0 aliphatic heterocycles. The van der Waals surface area contributed by atoms with Crippen molar-refractivity contribution < 1.29 is 23.9 Å². The molecule has 134 valence electrons. The number of carboxylic acid groups (broad SMARTS) is 1. The van der Waals surface area contributed by atoms with Gasteiger partial charge >= 0.3 is 5.97 Å². The molecule has 0 aromatic heterocycles. The van der Waals surface area contributed by atoms with E-state index >= 15 is 0 Å². The summed E-state index contributed by atoms with van der Waals surface area (Å²) in [6.07, 6.45) is 0.458. The van der Waals surface area contributed by atoms with E-state index < -0.39 is 35.7 Å². The Hall–Kier alpha value is -2.95. The number of carbonyl (C=O) groups is 3. The zero-order chi connectivity index (χ0) is 18.8. The first-order valence-electron chi connectivity index (χ1n) is 7.75. The average Bonchev–Trinajstić information content (AvgIpc) is 2.54. The van der Waals surface area contributed by atoms with Crippen molar-refractivity contribution in [1.29, 1.82) is 5.26 Å². The zero-order valence-corrected chi connectivity index (χ0v) is 13.8. The van der Waals surface area contributed by atoms with Crippen LogP contribution in [-0.4, -0.2) is 35.0 Å². The highest BCUT2D eigenvalue weighted by Crippen LogP contribution is 2.10. The number of unbranched alkanes of at least 4 members (excludes halogenated alkanes) is 1. The fourth-order valence-corrected chi connectivity index (χ4v) is 2.25. The number of carboxylic acids is 1. The Bertz CT molecular complexity index is 672. The fraction of sp³-hybridized carbons (Fsp3) is 0.412. The van der Waals surface area contributed by atoms with Crippen molar-refractivity contribution in [1.82, 2.24) is 10.6 Å². The van der Waals surface area contributed by atoms with Crippen molar-refractivity contribution >= 4 is 17.8 Å². The Morgan fingerprint density at radius 1 is 1.24 bits per heavy atom. The van der Waals surface area contributed by atoms with Gasteiger partial charge in [0.05, 0.1) is 6.07 Å². The third-order valence-electron chi connectivity index (χ3n) is 3.47. The molecule has 7 nitrogen and oxygen atoms in total. The highest BCUT2D eigenvalue weighted by molar-refractivity contribution is 5.90. The smallest absolute Gasteiger partial charge is 0.326 e. The molecule has 0 saturated carbocycles. The summed E-state index contributed by atoms with van der Waals surface area (Å²) in [5.74, 6) is -2.97. The van der Waals surface area contributed by atoms with Crippen molar-refractivity contribution in [2.75, 3.05) is 0 Å². The maximum atomic E-state index is 13.8. The molecule has 2 amide bonds. The lowest BCUT2D eigenvalue weighted by Crippen LogP contribution is -2.52. The van der Waals surface area contributed by atoms with Crippen LogP contribution in [0.25, 0.3) is 0 Å². The lowest BCUT2D eigenvalue weighted by atomic mass is 10.0. The Morgan fingerprint density at radius 2 is 1.92 bits per heavy atom. The summed E-state index contributed by atoms with van der Waals surface area (Å²) in [6, 6.07) is 5.44. The predicted octanol–water partition coefficient (Wildman–Crippen LogP) is 1.14. The molecule has 0 radical (unpaired) electrons. The first-order valence-corrected chi connectivity index (χ1v) is 7.75. The molecule has 0 aliphatic carbocycles. The monoisotopic (exact) mass is 349 g/mol. The molecule has 0 saturated heterocycles. The van der Waals surface area contributed by atoms with Crippen LogP contribution < -0.4 is 10.6 Å². The molecular formula is C17H20FN3O4. The number of hydrogen-bond acceptors (Lipinski definition) is 4. The van der Waals surface area contributed by atoms with Crippen LogP contribution in [0.5, 0.6) is 0 Å². The summed E-state index contributed by atoms with van der Waals surface area (Å²) in [5.41, 5.74) is 0.229. The van der Waals surface area contributed by atoms with E-state index in [0.717, 1.165) is 0 Å². The van der Waals surface area contributed by atoms with Crippen LogP contribution in [-0.2, 0) is 20.8 Å². The lowest BCUT2D eigenvalue weighted by molar-refractivity contribution is -0.142. The summed E-state index contributed by atoms with van der Waals surface area (Å²) < 4.78 is 13.8. The number of carbonyl (C=O) groups excluding carboxylic acids is 2. The van der Waals surface area contributed by atoms with E-state index in [0.29, 0.717) is 6.42 Å². The molecule has 0 spiro atoms. The quantitative estimate of drug-likeness (QED) is 0.578. The van der Waals surface area contributed by atoms with Crippen molar-refractivity contribution in [3.8, 4) is 6.07 Å². The van der Waals surface area contributed by atoms with Gasteiger partial charge in [0.15, 0.2) is 0 Å². The van der Waals surface area contributed by atoms with Gasteiger partial charge in [0.1, 0.15) is 17.9 Å². The van der Waals surface area contributed by atoms with Gasteiger partial charge in [0.25, 0.3) is 0 Å². The Balaban J connectivity index is 2.84. The number of nitrogens with zero attached hydrogens (tertiary/aromatic N) is 1. The van der Waals surface area contributed by atoms with Gasteiger partial charge in [0, 0.05) is 19.8 Å². The van der Waals surface area contributed by atoms with E-state index in [1.807, 2.05) is 6.07 Å². The van der Waals surface area contributed by atoms with Gasteiger partial charge in [-0.25, -0.2) is 9.18 Å². The van der Waals surface area contributed by atoms with Gasteiger partial charge in [-0.1, -0.05) is 18.2 Å². The van der Waals surface area contributed by atoms with Gasteiger partial charge in [-0.3, -0.25) is 9.59 Å². The van der Waals surface area contributed by atoms with Crippen LogP contribution in [0.2, 0.25) is 0 Å². The Kier molecular flexibility index (Phi) is 8.06. The molecule has 2 atom stereocenters. The molecule has 1 aromatic carbocycles. The van der Waals surface area contributed by atoms with Gasteiger partial charge in [-0.05, 0) is 24.5 Å². The lowest BCUT2D eigenvalue weighted by Gasteiger charge is -2.21. The normalized spacial score (nSPS) is 12.5. The summed E-state index contributed by atoms with van der Waals surface area (Å²) in [6.45, 7) is 1.21. The molecule has 3 N–H and O–H groups in total. The van der Waals surface area contributed by atoms with Crippen LogP contribution >= 0.6 is 0 Å². The zero-order valence-electron chi connectivity index (χ0n) is 13.8.